The number of hydrogen-bond donors (Lipinski definition) is 1. The Labute approximate surface area is 144 Å². The van der Waals surface area contributed by atoms with Crippen LogP contribution in [0.15, 0.2) is 23.0 Å². The van der Waals surface area contributed by atoms with E-state index >= 15 is 0 Å². The molecule has 0 saturated heterocycles. The van der Waals surface area contributed by atoms with Crippen molar-refractivity contribution in [1.29, 1.82) is 0 Å². The van der Waals surface area contributed by atoms with Gasteiger partial charge in [0.25, 0.3) is 0 Å². The molecule has 0 fully saturated rings. The van der Waals surface area contributed by atoms with Gasteiger partial charge in [0, 0.05) is 5.57 Å². The van der Waals surface area contributed by atoms with Crippen LogP contribution >= 0.6 is 11.6 Å². The molecule has 2 rings (SSSR count). The number of esters is 1. The number of halogens is 4. The van der Waals surface area contributed by atoms with Gasteiger partial charge in [0.1, 0.15) is 6.54 Å². The number of hydrogen-bond acceptors (Lipinski definition) is 5. The van der Waals surface area contributed by atoms with Gasteiger partial charge < -0.3 is 9.84 Å². The number of aliphatic hydroxyl groups is 1. The van der Waals surface area contributed by atoms with Gasteiger partial charge in [-0.1, -0.05) is 18.2 Å². The predicted molar refractivity (Wildman–Crippen MR) is 81.9 cm³/mol. The Morgan fingerprint density at radius 1 is 1.56 bits per heavy atom. The Hall–Kier alpha value is -2.07. The van der Waals surface area contributed by atoms with Crippen LogP contribution in [0.1, 0.15) is 12.2 Å². The Kier molecular flexibility index (Phi) is 5.73. The van der Waals surface area contributed by atoms with Crippen LogP contribution in [0, 0.1) is 0 Å². The van der Waals surface area contributed by atoms with E-state index < -0.39 is 37.0 Å². The quantitative estimate of drug-likeness (QED) is 0.609. The summed E-state index contributed by atoms with van der Waals surface area (Å²) in [5.74, 6) is -0.888. The maximum atomic E-state index is 12.7. The molecular weight excluding hydrogens is 367 g/mol. The van der Waals surface area contributed by atoms with Crippen molar-refractivity contribution in [3.63, 3.8) is 0 Å². The minimum Gasteiger partial charge on any atom is -0.468 e. The average molecular weight is 382 g/mol. The van der Waals surface area contributed by atoms with Gasteiger partial charge in [0.15, 0.2) is 11.9 Å². The number of ether oxygens (including phenoxy) is 1. The first-order valence-corrected chi connectivity index (χ1v) is 7.59. The third kappa shape index (κ3) is 4.51. The van der Waals surface area contributed by atoms with Crippen molar-refractivity contribution < 1.29 is 27.8 Å². The SMILES string of the molecule is COC(=O)Cn1nc(C2=CCC(Cl)C=C2)n(C[C@H](O)C(F)(F)F)c1=O. The zero-order valence-corrected chi connectivity index (χ0v) is 13.8. The van der Waals surface area contributed by atoms with E-state index in [2.05, 4.69) is 9.84 Å². The van der Waals surface area contributed by atoms with Crippen LogP contribution in [0.4, 0.5) is 13.2 Å². The molecule has 0 spiro atoms. The second-order valence-electron chi connectivity index (χ2n) is 5.28. The molecule has 1 aliphatic rings. The lowest BCUT2D eigenvalue weighted by atomic mass is 10.1. The molecule has 7 nitrogen and oxygen atoms in total. The lowest BCUT2D eigenvalue weighted by Gasteiger charge is -2.16. The summed E-state index contributed by atoms with van der Waals surface area (Å²) in [5, 5.41) is 12.9. The number of rotatable bonds is 5. The van der Waals surface area contributed by atoms with E-state index in [1.54, 1.807) is 12.2 Å². The van der Waals surface area contributed by atoms with E-state index in [0.717, 1.165) is 7.11 Å². The van der Waals surface area contributed by atoms with E-state index in [0.29, 0.717) is 21.2 Å². The van der Waals surface area contributed by atoms with E-state index in [4.69, 9.17) is 11.6 Å². The highest BCUT2D eigenvalue weighted by molar-refractivity contribution is 6.22. The van der Waals surface area contributed by atoms with Gasteiger partial charge in [-0.3, -0.25) is 9.36 Å². The molecule has 0 bridgehead atoms. The summed E-state index contributed by atoms with van der Waals surface area (Å²) in [6, 6.07) is 0. The van der Waals surface area contributed by atoms with Crippen molar-refractivity contribution in [2.75, 3.05) is 7.11 Å². The highest BCUT2D eigenvalue weighted by Crippen LogP contribution is 2.24. The fourth-order valence-corrected chi connectivity index (χ4v) is 2.31. The van der Waals surface area contributed by atoms with Gasteiger partial charge in [0.2, 0.25) is 0 Å². The zero-order valence-electron chi connectivity index (χ0n) is 13.0. The first-order chi connectivity index (χ1) is 11.6. The molecule has 11 heteroatoms. The fourth-order valence-electron chi connectivity index (χ4n) is 2.15. The second kappa shape index (κ2) is 7.44. The molecule has 1 aliphatic carbocycles. The molecule has 1 aromatic rings. The van der Waals surface area contributed by atoms with Crippen molar-refractivity contribution in [3.05, 3.63) is 34.5 Å². The van der Waals surface area contributed by atoms with E-state index in [9.17, 15) is 27.9 Å². The molecule has 0 radical (unpaired) electrons. The van der Waals surface area contributed by atoms with Gasteiger partial charge in [-0.2, -0.15) is 13.2 Å². The lowest BCUT2D eigenvalue weighted by Crippen LogP contribution is -2.37. The van der Waals surface area contributed by atoms with Gasteiger partial charge in [0.05, 0.1) is 19.0 Å². The molecular formula is C14H15ClF3N3O4. The maximum Gasteiger partial charge on any atom is 0.416 e. The Morgan fingerprint density at radius 3 is 2.76 bits per heavy atom. The molecule has 2 atom stereocenters. The van der Waals surface area contributed by atoms with Crippen LogP contribution in [0.2, 0.25) is 0 Å². The van der Waals surface area contributed by atoms with Gasteiger partial charge in [-0.25, -0.2) is 9.48 Å². The van der Waals surface area contributed by atoms with E-state index in [-0.39, 0.29) is 11.2 Å². The number of alkyl halides is 4. The van der Waals surface area contributed by atoms with Gasteiger partial charge >= 0.3 is 17.8 Å². The normalized spacial score (nSPS) is 18.8. The third-order valence-corrected chi connectivity index (χ3v) is 3.79. The summed E-state index contributed by atoms with van der Waals surface area (Å²) in [5.41, 5.74) is -0.599. The zero-order chi connectivity index (χ0) is 18.8. The maximum absolute atomic E-state index is 12.7. The monoisotopic (exact) mass is 381 g/mol. The number of aromatic nitrogens is 3. The summed E-state index contributed by atoms with van der Waals surface area (Å²) in [6.07, 6.45) is -2.54. The Balaban J connectivity index is 2.45. The molecule has 0 amide bonds. The molecule has 1 N–H and O–H groups in total. The minimum atomic E-state index is -4.90. The first-order valence-electron chi connectivity index (χ1n) is 7.15. The van der Waals surface area contributed by atoms with Crippen LogP contribution in [-0.4, -0.2) is 50.2 Å². The van der Waals surface area contributed by atoms with Crippen LogP contribution < -0.4 is 5.69 Å². The number of nitrogens with zero attached hydrogens (tertiary/aromatic N) is 3. The molecule has 0 aliphatic heterocycles. The van der Waals surface area contributed by atoms with Gasteiger partial charge in [-0.05, 0) is 6.42 Å². The Morgan fingerprint density at radius 2 is 2.24 bits per heavy atom. The lowest BCUT2D eigenvalue weighted by molar-refractivity contribution is -0.207. The molecule has 138 valence electrons. The molecule has 1 heterocycles. The van der Waals surface area contributed by atoms with E-state index in [1.165, 1.54) is 6.08 Å². The smallest absolute Gasteiger partial charge is 0.416 e. The largest absolute Gasteiger partial charge is 0.468 e. The van der Waals surface area contributed by atoms with Crippen molar-refractivity contribution in [2.24, 2.45) is 0 Å². The summed E-state index contributed by atoms with van der Waals surface area (Å²) >= 11 is 5.90. The van der Waals surface area contributed by atoms with Crippen LogP contribution in [-0.2, 0) is 22.6 Å². The number of aliphatic hydroxyl groups excluding tert-OH is 1. The Bertz CT molecular complexity index is 766. The molecule has 0 saturated carbocycles. The minimum absolute atomic E-state index is 0.1000. The van der Waals surface area contributed by atoms with Crippen LogP contribution in [0.3, 0.4) is 0 Å². The summed E-state index contributed by atoms with van der Waals surface area (Å²) in [7, 11) is 1.10. The van der Waals surface area contributed by atoms with Crippen molar-refractivity contribution in [3.8, 4) is 0 Å². The number of methoxy groups -OCH3 is 1. The average Bonchev–Trinajstić information content (AvgIpc) is 2.84. The van der Waals surface area contributed by atoms with Gasteiger partial charge in [-0.15, -0.1) is 16.7 Å². The highest BCUT2D eigenvalue weighted by Gasteiger charge is 2.39. The summed E-state index contributed by atoms with van der Waals surface area (Å²) in [6.45, 7) is -1.61. The third-order valence-electron chi connectivity index (χ3n) is 3.47. The van der Waals surface area contributed by atoms with Crippen molar-refractivity contribution >= 4 is 23.1 Å². The number of carbonyl (C=O) groups excluding carboxylic acids is 1. The molecule has 0 aromatic carbocycles. The van der Waals surface area contributed by atoms with Crippen molar-refractivity contribution in [2.45, 2.75) is 37.2 Å². The van der Waals surface area contributed by atoms with Crippen LogP contribution in [0.5, 0.6) is 0 Å². The van der Waals surface area contributed by atoms with Crippen LogP contribution in [0.25, 0.3) is 5.57 Å². The molecule has 1 aromatic heterocycles. The summed E-state index contributed by atoms with van der Waals surface area (Å²) < 4.78 is 43.7. The van der Waals surface area contributed by atoms with Crippen molar-refractivity contribution in [1.82, 2.24) is 14.3 Å². The second-order valence-corrected chi connectivity index (χ2v) is 5.84. The number of allylic oxidation sites excluding steroid dienone is 4. The molecule has 1 unspecified atom stereocenters. The summed E-state index contributed by atoms with van der Waals surface area (Å²) in [4.78, 5) is 23.7. The van der Waals surface area contributed by atoms with E-state index in [1.807, 2.05) is 0 Å². The first kappa shape index (κ1) is 19.3. The standard InChI is InChI=1S/C14H15ClF3N3O4/c1-25-11(23)7-21-13(24)20(6-10(22)14(16,17)18)12(19-21)8-2-4-9(15)5-3-8/h2-4,9-10,22H,5-7H2,1H3/t9?,10-/m0/s1. The number of carbonyl (C=O) groups is 1. The highest BCUT2D eigenvalue weighted by atomic mass is 35.5. The molecule has 25 heavy (non-hydrogen) atoms. The topological polar surface area (TPSA) is 86.3 Å². The predicted octanol–water partition coefficient (Wildman–Crippen LogP) is 1.09. The fraction of sp³-hybridized carbons (Fsp3) is 0.500.